The van der Waals surface area contributed by atoms with Crippen LogP contribution >= 0.6 is 11.8 Å². The second-order valence-corrected chi connectivity index (χ2v) is 6.96. The maximum Gasteiger partial charge on any atom is 0.197 e. The highest BCUT2D eigenvalue weighted by Crippen LogP contribution is 2.30. The van der Waals surface area contributed by atoms with E-state index >= 15 is 0 Å². The van der Waals surface area contributed by atoms with Crippen molar-refractivity contribution >= 4 is 11.8 Å². The van der Waals surface area contributed by atoms with Gasteiger partial charge in [0, 0.05) is 30.7 Å². The zero-order chi connectivity index (χ0) is 18.8. The summed E-state index contributed by atoms with van der Waals surface area (Å²) >= 11 is 1.47. The van der Waals surface area contributed by atoms with Gasteiger partial charge in [-0.25, -0.2) is 9.97 Å². The number of pyridine rings is 1. The Kier molecular flexibility index (Phi) is 4.72. The van der Waals surface area contributed by atoms with Crippen LogP contribution < -0.4 is 0 Å². The minimum atomic E-state index is 0.687. The minimum absolute atomic E-state index is 0.687. The van der Waals surface area contributed by atoms with E-state index in [-0.39, 0.29) is 0 Å². The summed E-state index contributed by atoms with van der Waals surface area (Å²) in [6.07, 6.45) is 5.97. The summed E-state index contributed by atoms with van der Waals surface area (Å²) in [5, 5.41) is 10.2. The lowest BCUT2D eigenvalue weighted by Crippen LogP contribution is -1.98. The van der Waals surface area contributed by atoms with Gasteiger partial charge in [-0.1, -0.05) is 6.92 Å². The Hall–Kier alpha value is -3.00. The van der Waals surface area contributed by atoms with E-state index < -0.39 is 0 Å². The smallest absolute Gasteiger partial charge is 0.197 e. The molecule has 7 nitrogen and oxygen atoms in total. The largest absolute Gasteiger partial charge is 0.469 e. The summed E-state index contributed by atoms with van der Waals surface area (Å²) in [6, 6.07) is 7.71. The summed E-state index contributed by atoms with van der Waals surface area (Å²) in [4.78, 5) is 13.4. The second-order valence-electron chi connectivity index (χ2n) is 5.97. The van der Waals surface area contributed by atoms with E-state index in [1.807, 2.05) is 42.8 Å². The molecule has 0 fully saturated rings. The molecule has 0 atom stereocenters. The molecule has 0 N–H and O–H groups in total. The molecule has 0 unspecified atom stereocenters. The molecule has 0 radical (unpaired) electrons. The number of rotatable bonds is 5. The molecule has 136 valence electrons. The van der Waals surface area contributed by atoms with Crippen molar-refractivity contribution in [2.75, 3.05) is 0 Å². The van der Waals surface area contributed by atoms with Gasteiger partial charge in [-0.05, 0) is 49.4 Å². The fourth-order valence-corrected chi connectivity index (χ4v) is 3.50. The van der Waals surface area contributed by atoms with Crippen LogP contribution in [0.5, 0.6) is 0 Å². The zero-order valence-electron chi connectivity index (χ0n) is 15.2. The number of aromatic nitrogens is 6. The van der Waals surface area contributed by atoms with E-state index in [4.69, 9.17) is 9.40 Å². The van der Waals surface area contributed by atoms with Crippen molar-refractivity contribution in [2.45, 2.75) is 30.5 Å². The standard InChI is InChI=1S/C19H18N6OS/c1-4-14-11-16(22-17(21-14)13-5-8-20-9-6-13)27-19-24-23-18(25(19)3)15-7-10-26-12(15)2/h5-11H,4H2,1-3H3. The van der Waals surface area contributed by atoms with Gasteiger partial charge < -0.3 is 8.98 Å². The van der Waals surface area contributed by atoms with Gasteiger partial charge in [0.25, 0.3) is 0 Å². The lowest BCUT2D eigenvalue weighted by atomic mass is 10.2. The van der Waals surface area contributed by atoms with Crippen molar-refractivity contribution in [1.29, 1.82) is 0 Å². The lowest BCUT2D eigenvalue weighted by Gasteiger charge is -2.07. The fraction of sp³-hybridized carbons (Fsp3) is 0.211. The molecule has 0 aromatic carbocycles. The SMILES string of the molecule is CCc1cc(Sc2nnc(-c3ccoc3C)n2C)nc(-c2ccncc2)n1. The van der Waals surface area contributed by atoms with Crippen LogP contribution in [0.3, 0.4) is 0 Å². The van der Waals surface area contributed by atoms with Crippen LogP contribution in [0.15, 0.2) is 57.5 Å². The van der Waals surface area contributed by atoms with Crippen LogP contribution in [-0.2, 0) is 13.5 Å². The maximum atomic E-state index is 5.38. The Morgan fingerprint density at radius 1 is 1.11 bits per heavy atom. The number of hydrogen-bond acceptors (Lipinski definition) is 7. The van der Waals surface area contributed by atoms with Crippen LogP contribution in [0.25, 0.3) is 22.8 Å². The highest BCUT2D eigenvalue weighted by molar-refractivity contribution is 7.99. The molecule has 0 bridgehead atoms. The second kappa shape index (κ2) is 7.32. The molecule has 8 heteroatoms. The van der Waals surface area contributed by atoms with Gasteiger partial charge >= 0.3 is 0 Å². The van der Waals surface area contributed by atoms with Crippen molar-refractivity contribution in [1.82, 2.24) is 29.7 Å². The van der Waals surface area contributed by atoms with Gasteiger partial charge in [0.1, 0.15) is 10.8 Å². The fourth-order valence-electron chi connectivity index (χ4n) is 2.68. The van der Waals surface area contributed by atoms with Crippen LogP contribution in [-0.4, -0.2) is 29.7 Å². The van der Waals surface area contributed by atoms with Gasteiger partial charge in [-0.3, -0.25) is 4.98 Å². The number of aryl methyl sites for hydroxylation is 2. The van der Waals surface area contributed by atoms with Crippen molar-refractivity contribution < 1.29 is 4.42 Å². The third-order valence-corrected chi connectivity index (χ3v) is 5.14. The first-order valence-electron chi connectivity index (χ1n) is 8.55. The molecule has 0 aliphatic heterocycles. The van der Waals surface area contributed by atoms with E-state index in [1.54, 1.807) is 18.7 Å². The van der Waals surface area contributed by atoms with Crippen molar-refractivity contribution in [2.24, 2.45) is 7.05 Å². The zero-order valence-corrected chi connectivity index (χ0v) is 16.1. The first-order chi connectivity index (χ1) is 13.2. The minimum Gasteiger partial charge on any atom is -0.469 e. The van der Waals surface area contributed by atoms with E-state index in [1.165, 1.54) is 11.8 Å². The van der Waals surface area contributed by atoms with Crippen LogP contribution in [0.2, 0.25) is 0 Å². The quantitative estimate of drug-likeness (QED) is 0.486. The summed E-state index contributed by atoms with van der Waals surface area (Å²) < 4.78 is 7.33. The van der Waals surface area contributed by atoms with Crippen LogP contribution in [0.1, 0.15) is 18.4 Å². The Bertz CT molecular complexity index is 1070. The van der Waals surface area contributed by atoms with Gasteiger partial charge in [0.05, 0.1) is 11.8 Å². The van der Waals surface area contributed by atoms with Crippen molar-refractivity contribution in [3.8, 4) is 22.8 Å². The van der Waals surface area contributed by atoms with Crippen molar-refractivity contribution in [3.05, 3.63) is 54.4 Å². The third-order valence-electron chi connectivity index (χ3n) is 4.19. The van der Waals surface area contributed by atoms with E-state index in [0.717, 1.165) is 45.0 Å². The van der Waals surface area contributed by atoms with E-state index in [2.05, 4.69) is 27.1 Å². The normalized spacial score (nSPS) is 11.1. The molecule has 4 rings (SSSR count). The van der Waals surface area contributed by atoms with Gasteiger partial charge in [0.15, 0.2) is 16.8 Å². The Balaban J connectivity index is 1.69. The van der Waals surface area contributed by atoms with Gasteiger partial charge in [-0.2, -0.15) is 0 Å². The summed E-state index contributed by atoms with van der Waals surface area (Å²) in [7, 11) is 1.94. The Labute approximate surface area is 160 Å². The number of hydrogen-bond donors (Lipinski definition) is 0. The average Bonchev–Trinajstić information content (AvgIpc) is 3.28. The summed E-state index contributed by atoms with van der Waals surface area (Å²) in [5.74, 6) is 2.27. The monoisotopic (exact) mass is 378 g/mol. The molecule has 0 aliphatic carbocycles. The van der Waals surface area contributed by atoms with E-state index in [0.29, 0.717) is 5.82 Å². The highest BCUT2D eigenvalue weighted by atomic mass is 32.2. The maximum absolute atomic E-state index is 5.38. The molecule has 0 saturated carbocycles. The molecule has 4 aromatic rings. The Morgan fingerprint density at radius 2 is 1.93 bits per heavy atom. The highest BCUT2D eigenvalue weighted by Gasteiger charge is 2.16. The molecule has 0 spiro atoms. The molecule has 0 aliphatic rings. The molecule has 0 amide bonds. The first-order valence-corrected chi connectivity index (χ1v) is 9.37. The molecule has 0 saturated heterocycles. The summed E-state index contributed by atoms with van der Waals surface area (Å²) in [5.41, 5.74) is 2.86. The molecular formula is C19H18N6OS. The summed E-state index contributed by atoms with van der Waals surface area (Å²) in [6.45, 7) is 3.99. The topological polar surface area (TPSA) is 82.5 Å². The molecular weight excluding hydrogens is 360 g/mol. The van der Waals surface area contributed by atoms with Crippen molar-refractivity contribution in [3.63, 3.8) is 0 Å². The van der Waals surface area contributed by atoms with Gasteiger partial charge in [0.2, 0.25) is 0 Å². The molecule has 27 heavy (non-hydrogen) atoms. The predicted molar refractivity (Wildman–Crippen MR) is 102 cm³/mol. The molecule has 4 heterocycles. The Morgan fingerprint density at radius 3 is 2.63 bits per heavy atom. The number of nitrogens with zero attached hydrogens (tertiary/aromatic N) is 6. The predicted octanol–water partition coefficient (Wildman–Crippen LogP) is 3.95. The lowest BCUT2D eigenvalue weighted by molar-refractivity contribution is 0.534. The third kappa shape index (κ3) is 3.48. The van der Waals surface area contributed by atoms with Gasteiger partial charge in [-0.15, -0.1) is 10.2 Å². The molecule has 4 aromatic heterocycles. The first kappa shape index (κ1) is 17.4. The van der Waals surface area contributed by atoms with E-state index in [9.17, 15) is 0 Å². The van der Waals surface area contributed by atoms with Crippen LogP contribution in [0, 0.1) is 6.92 Å². The number of furan rings is 1. The van der Waals surface area contributed by atoms with Crippen LogP contribution in [0.4, 0.5) is 0 Å². The average molecular weight is 378 g/mol.